The molecule has 4 heteroatoms. The van der Waals surface area contributed by atoms with E-state index in [9.17, 15) is 4.79 Å². The van der Waals surface area contributed by atoms with Gasteiger partial charge in [-0.3, -0.25) is 4.79 Å². The molecule has 1 amide bonds. The molecule has 0 fully saturated rings. The normalized spacial score (nSPS) is 9.40. The Kier molecular flexibility index (Phi) is 4.67. The Hall–Kier alpha value is -0.980. The van der Waals surface area contributed by atoms with Gasteiger partial charge in [0.05, 0.1) is 10.7 Å². The zero-order valence-electron chi connectivity index (χ0n) is 7.89. The third-order valence-electron chi connectivity index (χ3n) is 1.70. The van der Waals surface area contributed by atoms with Gasteiger partial charge in [0.2, 0.25) is 5.91 Å². The van der Waals surface area contributed by atoms with Crippen LogP contribution in [0.5, 0.6) is 0 Å². The number of anilines is 1. The van der Waals surface area contributed by atoms with Crippen molar-refractivity contribution in [3.8, 4) is 12.3 Å². The maximum Gasteiger partial charge on any atom is 0.225 e. The van der Waals surface area contributed by atoms with Gasteiger partial charge in [-0.1, -0.05) is 27.5 Å². The fourth-order valence-corrected chi connectivity index (χ4v) is 1.52. The molecule has 15 heavy (non-hydrogen) atoms. The number of hydrogen-bond donors (Lipinski definition) is 1. The van der Waals surface area contributed by atoms with Gasteiger partial charge in [0.1, 0.15) is 0 Å². The Morgan fingerprint density at radius 2 is 2.33 bits per heavy atom. The van der Waals surface area contributed by atoms with Gasteiger partial charge in [-0.25, -0.2) is 0 Å². The van der Waals surface area contributed by atoms with Gasteiger partial charge in [0.15, 0.2) is 0 Å². The largest absolute Gasteiger partial charge is 0.325 e. The van der Waals surface area contributed by atoms with Crippen molar-refractivity contribution in [1.82, 2.24) is 0 Å². The van der Waals surface area contributed by atoms with E-state index in [1.807, 2.05) is 0 Å². The van der Waals surface area contributed by atoms with Crippen LogP contribution in [0.15, 0.2) is 22.7 Å². The first-order valence-corrected chi connectivity index (χ1v) is 5.49. The maximum absolute atomic E-state index is 11.4. The Morgan fingerprint density at radius 1 is 1.60 bits per heavy atom. The average Bonchev–Trinajstić information content (AvgIpc) is 2.20. The Bertz CT molecular complexity index is 412. The molecule has 0 spiro atoms. The summed E-state index contributed by atoms with van der Waals surface area (Å²) in [6.07, 6.45) is 5.79. The zero-order valence-corrected chi connectivity index (χ0v) is 10.2. The summed E-state index contributed by atoms with van der Waals surface area (Å²) >= 11 is 9.20. The molecule has 1 N–H and O–H groups in total. The molecule has 0 radical (unpaired) electrons. The van der Waals surface area contributed by atoms with E-state index in [0.29, 0.717) is 23.6 Å². The SMILES string of the molecule is C#CCCC(=O)Nc1cc(Br)ccc1Cl. The van der Waals surface area contributed by atoms with Crippen LogP contribution in [0.3, 0.4) is 0 Å². The van der Waals surface area contributed by atoms with Crippen molar-refractivity contribution in [3.63, 3.8) is 0 Å². The molecule has 0 aliphatic rings. The number of halogens is 2. The van der Waals surface area contributed by atoms with Gasteiger partial charge in [0.25, 0.3) is 0 Å². The first kappa shape index (κ1) is 12.1. The van der Waals surface area contributed by atoms with Gasteiger partial charge in [-0.05, 0) is 18.2 Å². The number of carbonyl (C=O) groups is 1. The lowest BCUT2D eigenvalue weighted by molar-refractivity contribution is -0.116. The van der Waals surface area contributed by atoms with Crippen LogP contribution >= 0.6 is 27.5 Å². The molecule has 0 aromatic heterocycles. The van der Waals surface area contributed by atoms with E-state index in [4.69, 9.17) is 18.0 Å². The quantitative estimate of drug-likeness (QED) is 0.847. The Balaban J connectivity index is 2.68. The van der Waals surface area contributed by atoms with Crippen molar-refractivity contribution < 1.29 is 4.79 Å². The molecule has 78 valence electrons. The minimum Gasteiger partial charge on any atom is -0.325 e. The topological polar surface area (TPSA) is 29.1 Å². The predicted molar refractivity (Wildman–Crippen MR) is 65.8 cm³/mol. The second-order valence-corrected chi connectivity index (χ2v) is 4.20. The molecule has 0 bridgehead atoms. The van der Waals surface area contributed by atoms with Crippen molar-refractivity contribution >= 4 is 39.1 Å². The van der Waals surface area contributed by atoms with Crippen LogP contribution in [0.2, 0.25) is 5.02 Å². The smallest absolute Gasteiger partial charge is 0.225 e. The lowest BCUT2D eigenvalue weighted by atomic mass is 10.2. The number of nitrogens with one attached hydrogen (secondary N) is 1. The summed E-state index contributed by atoms with van der Waals surface area (Å²) in [4.78, 5) is 11.4. The van der Waals surface area contributed by atoms with Crippen LogP contribution in [-0.2, 0) is 4.79 Å². The summed E-state index contributed by atoms with van der Waals surface area (Å²) in [5, 5.41) is 3.20. The van der Waals surface area contributed by atoms with E-state index in [-0.39, 0.29) is 5.91 Å². The standard InChI is InChI=1S/C11H9BrClNO/c1-2-3-4-11(15)14-10-7-8(12)5-6-9(10)13/h1,5-7H,3-4H2,(H,14,15). The molecular formula is C11H9BrClNO. The highest BCUT2D eigenvalue weighted by Gasteiger charge is 2.05. The summed E-state index contributed by atoms with van der Waals surface area (Å²) in [5.74, 6) is 2.28. The van der Waals surface area contributed by atoms with E-state index < -0.39 is 0 Å². The number of carbonyl (C=O) groups excluding carboxylic acids is 1. The minimum absolute atomic E-state index is 0.132. The number of rotatable bonds is 3. The maximum atomic E-state index is 11.4. The first-order chi connectivity index (χ1) is 7.13. The molecule has 0 saturated carbocycles. The summed E-state index contributed by atoms with van der Waals surface area (Å²) in [7, 11) is 0. The summed E-state index contributed by atoms with van der Waals surface area (Å²) in [6, 6.07) is 5.26. The number of terminal acetylenes is 1. The molecule has 1 rings (SSSR count). The third kappa shape index (κ3) is 3.94. The van der Waals surface area contributed by atoms with Gasteiger partial charge in [0, 0.05) is 17.3 Å². The highest BCUT2D eigenvalue weighted by atomic mass is 79.9. The molecule has 2 nitrogen and oxygen atoms in total. The predicted octanol–water partition coefficient (Wildman–Crippen LogP) is 3.45. The molecule has 0 heterocycles. The highest BCUT2D eigenvalue weighted by Crippen LogP contribution is 2.25. The van der Waals surface area contributed by atoms with Crippen LogP contribution in [-0.4, -0.2) is 5.91 Å². The van der Waals surface area contributed by atoms with Gasteiger partial charge < -0.3 is 5.32 Å². The van der Waals surface area contributed by atoms with Crippen molar-refractivity contribution in [2.45, 2.75) is 12.8 Å². The second kappa shape index (κ2) is 5.79. The zero-order chi connectivity index (χ0) is 11.3. The Morgan fingerprint density at radius 3 is 3.00 bits per heavy atom. The van der Waals surface area contributed by atoms with Crippen LogP contribution in [0.25, 0.3) is 0 Å². The third-order valence-corrected chi connectivity index (χ3v) is 2.52. The summed E-state index contributed by atoms with van der Waals surface area (Å²) < 4.78 is 0.860. The number of benzene rings is 1. The molecule has 0 aliphatic heterocycles. The molecule has 0 saturated heterocycles. The lowest BCUT2D eigenvalue weighted by Crippen LogP contribution is -2.11. The van der Waals surface area contributed by atoms with Crippen LogP contribution < -0.4 is 5.32 Å². The van der Waals surface area contributed by atoms with E-state index >= 15 is 0 Å². The first-order valence-electron chi connectivity index (χ1n) is 4.32. The second-order valence-electron chi connectivity index (χ2n) is 2.88. The molecule has 1 aromatic carbocycles. The fraction of sp³-hybridized carbons (Fsp3) is 0.182. The highest BCUT2D eigenvalue weighted by molar-refractivity contribution is 9.10. The van der Waals surface area contributed by atoms with Gasteiger partial charge in [-0.2, -0.15) is 0 Å². The van der Waals surface area contributed by atoms with Crippen molar-refractivity contribution in [2.75, 3.05) is 5.32 Å². The van der Waals surface area contributed by atoms with Crippen molar-refractivity contribution in [1.29, 1.82) is 0 Å². The van der Waals surface area contributed by atoms with Crippen molar-refractivity contribution in [2.24, 2.45) is 0 Å². The monoisotopic (exact) mass is 285 g/mol. The molecule has 0 aliphatic carbocycles. The molecule has 1 aromatic rings. The molecular weight excluding hydrogens is 277 g/mol. The van der Waals surface area contributed by atoms with Gasteiger partial charge >= 0.3 is 0 Å². The lowest BCUT2D eigenvalue weighted by Gasteiger charge is -2.06. The van der Waals surface area contributed by atoms with E-state index in [2.05, 4.69) is 27.2 Å². The number of hydrogen-bond acceptors (Lipinski definition) is 1. The molecule has 0 unspecified atom stereocenters. The summed E-state index contributed by atoms with van der Waals surface area (Å²) in [6.45, 7) is 0. The minimum atomic E-state index is -0.132. The van der Waals surface area contributed by atoms with Crippen LogP contribution in [0.1, 0.15) is 12.8 Å². The van der Waals surface area contributed by atoms with Crippen molar-refractivity contribution in [3.05, 3.63) is 27.7 Å². The van der Waals surface area contributed by atoms with E-state index in [0.717, 1.165) is 4.47 Å². The van der Waals surface area contributed by atoms with E-state index in [1.165, 1.54) is 0 Å². The van der Waals surface area contributed by atoms with Crippen LogP contribution in [0, 0.1) is 12.3 Å². The summed E-state index contributed by atoms with van der Waals surface area (Å²) in [5.41, 5.74) is 0.591. The molecule has 0 atom stereocenters. The fourth-order valence-electron chi connectivity index (χ4n) is 0.992. The average molecular weight is 287 g/mol. The van der Waals surface area contributed by atoms with E-state index in [1.54, 1.807) is 18.2 Å². The Labute approximate surface area is 102 Å². The number of amides is 1. The van der Waals surface area contributed by atoms with Crippen LogP contribution in [0.4, 0.5) is 5.69 Å². The van der Waals surface area contributed by atoms with Gasteiger partial charge in [-0.15, -0.1) is 12.3 Å².